The van der Waals surface area contributed by atoms with Gasteiger partial charge in [-0.05, 0) is 56.0 Å². The minimum absolute atomic E-state index is 0.123. The van der Waals surface area contributed by atoms with Gasteiger partial charge in [0.05, 0.1) is 17.1 Å². The Kier molecular flexibility index (Phi) is 9.07. The Morgan fingerprint density at radius 1 is 1.03 bits per heavy atom. The summed E-state index contributed by atoms with van der Waals surface area (Å²) >= 11 is 0. The van der Waals surface area contributed by atoms with E-state index in [1.807, 2.05) is 43.3 Å². The van der Waals surface area contributed by atoms with Crippen LogP contribution in [0.2, 0.25) is 0 Å². The highest BCUT2D eigenvalue weighted by Gasteiger charge is 2.38. The van der Waals surface area contributed by atoms with Crippen LogP contribution in [-0.4, -0.2) is 59.3 Å². The molecule has 3 N–H and O–H groups in total. The lowest BCUT2D eigenvalue weighted by molar-refractivity contribution is -0.192. The van der Waals surface area contributed by atoms with Crippen molar-refractivity contribution in [2.75, 3.05) is 24.3 Å². The molecule has 2 aromatic carbocycles. The van der Waals surface area contributed by atoms with Crippen LogP contribution in [0.1, 0.15) is 41.6 Å². The zero-order chi connectivity index (χ0) is 27.9. The van der Waals surface area contributed by atoms with Gasteiger partial charge < -0.3 is 20.6 Å². The molecule has 0 saturated heterocycles. The number of nitrogens with zero attached hydrogens (tertiary/aromatic N) is 4. The number of carboxylic acids is 1. The number of carboxylic acid groups (broad SMARTS) is 1. The zero-order valence-electron chi connectivity index (χ0n) is 20.8. The van der Waals surface area contributed by atoms with Crippen LogP contribution in [0.4, 0.5) is 24.9 Å². The van der Waals surface area contributed by atoms with E-state index in [2.05, 4.69) is 16.7 Å². The van der Waals surface area contributed by atoms with Crippen LogP contribution in [-0.2, 0) is 4.79 Å². The van der Waals surface area contributed by atoms with Crippen LogP contribution in [0.3, 0.4) is 0 Å². The van der Waals surface area contributed by atoms with E-state index in [0.717, 1.165) is 42.4 Å². The second kappa shape index (κ2) is 12.2. The van der Waals surface area contributed by atoms with E-state index < -0.39 is 12.1 Å². The third kappa shape index (κ3) is 7.55. The Balaban J connectivity index is 0.000000505. The first kappa shape index (κ1) is 28.2. The number of nitrogens with one attached hydrogen (secondary N) is 2. The standard InChI is InChI=1S/C24H26N6O.C2HF3O2/c1-30(2)22-20-8-3-4-9-21(20)28-24(29-22)27-19-12-10-18(11-13-19)26-23(31)17-7-5-6-16(14-17)15-25;3-2(4,5)1(6)7/h3-9,14,18-19H,10-13H2,1-2H3,(H,26,31)(H,27,28,29);(H,6,7). The molecule has 1 heterocycles. The molecule has 1 saturated carbocycles. The Bertz CT molecular complexity index is 1330. The molecular formula is C26H27F3N6O3. The number of rotatable bonds is 5. The molecule has 200 valence electrons. The molecular weight excluding hydrogens is 501 g/mol. The third-order valence-electron chi connectivity index (χ3n) is 5.90. The van der Waals surface area contributed by atoms with Crippen LogP contribution < -0.4 is 15.5 Å². The second-order valence-electron chi connectivity index (χ2n) is 8.94. The summed E-state index contributed by atoms with van der Waals surface area (Å²) in [5, 5.41) is 23.8. The van der Waals surface area contributed by atoms with Gasteiger partial charge in [0.1, 0.15) is 5.82 Å². The minimum Gasteiger partial charge on any atom is -0.475 e. The molecule has 12 heteroatoms. The minimum atomic E-state index is -5.08. The van der Waals surface area contributed by atoms with Crippen molar-refractivity contribution in [3.63, 3.8) is 0 Å². The van der Waals surface area contributed by atoms with Crippen LogP contribution in [0.15, 0.2) is 48.5 Å². The maximum atomic E-state index is 12.5. The molecule has 1 aliphatic carbocycles. The number of halogens is 3. The number of fused-ring (bicyclic) bond motifs is 1. The highest BCUT2D eigenvalue weighted by Crippen LogP contribution is 2.26. The van der Waals surface area contributed by atoms with Crippen LogP contribution in [0, 0.1) is 11.3 Å². The molecule has 0 atom stereocenters. The van der Waals surface area contributed by atoms with Gasteiger partial charge in [0.15, 0.2) is 0 Å². The summed E-state index contributed by atoms with van der Waals surface area (Å²) in [6, 6.07) is 17.3. The van der Waals surface area contributed by atoms with Gasteiger partial charge >= 0.3 is 12.1 Å². The molecule has 0 radical (unpaired) electrons. The lowest BCUT2D eigenvalue weighted by Crippen LogP contribution is -2.40. The van der Waals surface area contributed by atoms with Crippen molar-refractivity contribution in [1.29, 1.82) is 5.26 Å². The number of amides is 1. The van der Waals surface area contributed by atoms with Crippen LogP contribution >= 0.6 is 0 Å². The van der Waals surface area contributed by atoms with Gasteiger partial charge in [-0.2, -0.15) is 23.4 Å². The predicted molar refractivity (Wildman–Crippen MR) is 136 cm³/mol. The smallest absolute Gasteiger partial charge is 0.475 e. The fraction of sp³-hybridized carbons (Fsp3) is 0.346. The largest absolute Gasteiger partial charge is 0.490 e. The maximum Gasteiger partial charge on any atom is 0.490 e. The number of anilines is 2. The summed E-state index contributed by atoms with van der Waals surface area (Å²) in [6.45, 7) is 0. The molecule has 0 unspecified atom stereocenters. The molecule has 38 heavy (non-hydrogen) atoms. The summed E-state index contributed by atoms with van der Waals surface area (Å²) in [4.78, 5) is 32.8. The van der Waals surface area contributed by atoms with Gasteiger partial charge in [-0.15, -0.1) is 0 Å². The molecule has 1 aromatic heterocycles. The summed E-state index contributed by atoms with van der Waals surface area (Å²) in [7, 11) is 3.97. The van der Waals surface area contributed by atoms with Crippen molar-refractivity contribution in [2.45, 2.75) is 43.9 Å². The number of benzene rings is 2. The SMILES string of the molecule is CN(C)c1nc(NC2CCC(NC(=O)c3cccc(C#N)c3)CC2)nc2ccccc12.O=C(O)C(F)(F)F. The summed E-state index contributed by atoms with van der Waals surface area (Å²) < 4.78 is 31.7. The molecule has 1 amide bonds. The summed E-state index contributed by atoms with van der Waals surface area (Å²) in [5.41, 5.74) is 1.94. The number of para-hydroxylation sites is 1. The molecule has 0 spiro atoms. The second-order valence-corrected chi connectivity index (χ2v) is 8.94. The molecule has 4 rings (SSSR count). The normalized spacial score (nSPS) is 16.9. The van der Waals surface area contributed by atoms with E-state index in [1.165, 1.54) is 0 Å². The summed E-state index contributed by atoms with van der Waals surface area (Å²) in [5.74, 6) is -1.34. The first-order valence-corrected chi connectivity index (χ1v) is 11.8. The van der Waals surface area contributed by atoms with Crippen molar-refractivity contribution < 1.29 is 27.9 Å². The van der Waals surface area contributed by atoms with Gasteiger partial charge in [0.25, 0.3) is 5.91 Å². The van der Waals surface area contributed by atoms with E-state index >= 15 is 0 Å². The molecule has 1 fully saturated rings. The first-order chi connectivity index (χ1) is 18.0. The molecule has 1 aliphatic rings. The van der Waals surface area contributed by atoms with E-state index in [1.54, 1.807) is 24.3 Å². The number of hydrogen-bond donors (Lipinski definition) is 3. The molecule has 0 bridgehead atoms. The summed E-state index contributed by atoms with van der Waals surface area (Å²) in [6.07, 6.45) is -1.46. The topological polar surface area (TPSA) is 131 Å². The number of carbonyl (C=O) groups excluding carboxylic acids is 1. The Morgan fingerprint density at radius 2 is 1.66 bits per heavy atom. The Morgan fingerprint density at radius 3 is 2.26 bits per heavy atom. The monoisotopic (exact) mass is 528 g/mol. The first-order valence-electron chi connectivity index (χ1n) is 11.8. The number of nitriles is 1. The van der Waals surface area contributed by atoms with Crippen LogP contribution in [0.25, 0.3) is 10.9 Å². The van der Waals surface area contributed by atoms with E-state index in [0.29, 0.717) is 17.1 Å². The zero-order valence-corrected chi connectivity index (χ0v) is 20.8. The number of aliphatic carboxylic acids is 1. The van der Waals surface area contributed by atoms with Crippen molar-refractivity contribution in [3.8, 4) is 6.07 Å². The molecule has 9 nitrogen and oxygen atoms in total. The fourth-order valence-corrected chi connectivity index (χ4v) is 4.03. The number of aromatic nitrogens is 2. The highest BCUT2D eigenvalue weighted by molar-refractivity contribution is 5.94. The van der Waals surface area contributed by atoms with Crippen molar-refractivity contribution in [1.82, 2.24) is 15.3 Å². The van der Waals surface area contributed by atoms with Crippen molar-refractivity contribution >= 4 is 34.5 Å². The Hall–Kier alpha value is -4.40. The van der Waals surface area contributed by atoms with E-state index in [-0.39, 0.29) is 18.0 Å². The van der Waals surface area contributed by atoms with Gasteiger partial charge in [0.2, 0.25) is 5.95 Å². The van der Waals surface area contributed by atoms with E-state index in [4.69, 9.17) is 25.1 Å². The van der Waals surface area contributed by atoms with E-state index in [9.17, 15) is 18.0 Å². The number of alkyl halides is 3. The molecule has 0 aliphatic heterocycles. The number of carbonyl (C=O) groups is 2. The molecule has 3 aromatic rings. The average molecular weight is 529 g/mol. The van der Waals surface area contributed by atoms with Gasteiger partial charge in [-0.3, -0.25) is 4.79 Å². The lowest BCUT2D eigenvalue weighted by Gasteiger charge is -2.30. The maximum absolute atomic E-state index is 12.5. The van der Waals surface area contributed by atoms with Crippen molar-refractivity contribution in [3.05, 3.63) is 59.7 Å². The highest BCUT2D eigenvalue weighted by atomic mass is 19.4. The predicted octanol–water partition coefficient (Wildman–Crippen LogP) is 4.35. The number of hydrogen-bond acceptors (Lipinski definition) is 7. The van der Waals surface area contributed by atoms with Crippen LogP contribution in [0.5, 0.6) is 0 Å². The third-order valence-corrected chi connectivity index (χ3v) is 5.90. The average Bonchev–Trinajstić information content (AvgIpc) is 2.89. The van der Waals surface area contributed by atoms with Gasteiger partial charge in [0, 0.05) is 37.1 Å². The fourth-order valence-electron chi connectivity index (χ4n) is 4.03. The Labute approximate surface area is 217 Å². The van der Waals surface area contributed by atoms with Crippen molar-refractivity contribution in [2.24, 2.45) is 0 Å². The van der Waals surface area contributed by atoms with Gasteiger partial charge in [-0.25, -0.2) is 9.78 Å². The quantitative estimate of drug-likeness (QED) is 0.445. The lowest BCUT2D eigenvalue weighted by atomic mass is 9.91. The van der Waals surface area contributed by atoms with Gasteiger partial charge in [-0.1, -0.05) is 18.2 Å².